The Morgan fingerprint density at radius 2 is 1.81 bits per heavy atom. The van der Waals surface area contributed by atoms with E-state index in [1.165, 1.54) is 14.0 Å². The maximum Gasteiger partial charge on any atom is 0.328 e. The molecule has 1 atom stereocenters. The van der Waals surface area contributed by atoms with E-state index in [-0.39, 0.29) is 30.4 Å². The Morgan fingerprint density at radius 1 is 1.25 bits per heavy atom. The van der Waals surface area contributed by atoms with Crippen molar-refractivity contribution < 1.29 is 19.1 Å². The number of hydrogen-bond acceptors (Lipinski definition) is 4. The molecule has 0 bridgehead atoms. The molecule has 0 radical (unpaired) electrons. The molecule has 0 unspecified atom stereocenters. The number of methoxy groups -OCH3 is 1. The van der Waals surface area contributed by atoms with E-state index in [4.69, 9.17) is 0 Å². The van der Waals surface area contributed by atoms with Crippen LogP contribution in [0.1, 0.15) is 33.6 Å². The van der Waals surface area contributed by atoms with E-state index in [9.17, 15) is 14.4 Å². The van der Waals surface area contributed by atoms with Crippen LogP contribution in [0.25, 0.3) is 0 Å². The van der Waals surface area contributed by atoms with Gasteiger partial charge in [0.15, 0.2) is 0 Å². The summed E-state index contributed by atoms with van der Waals surface area (Å²) in [5.74, 6) is -0.966. The fourth-order valence-corrected chi connectivity index (χ4v) is 1.08. The van der Waals surface area contributed by atoms with Gasteiger partial charge in [-0.15, -0.1) is 0 Å². The highest BCUT2D eigenvalue weighted by Crippen LogP contribution is 2.02. The Morgan fingerprint density at radius 3 is 2.19 bits per heavy atom. The minimum absolute atomic E-state index is 0.0206. The highest BCUT2D eigenvalue weighted by Gasteiger charge is 2.22. The lowest BCUT2D eigenvalue weighted by molar-refractivity contribution is -0.145. The first kappa shape index (κ1) is 14.6. The first-order valence-electron chi connectivity index (χ1n) is 5.26. The van der Waals surface area contributed by atoms with E-state index in [0.29, 0.717) is 0 Å². The van der Waals surface area contributed by atoms with Crippen LogP contribution in [0.2, 0.25) is 0 Å². The van der Waals surface area contributed by atoms with E-state index in [2.05, 4.69) is 10.1 Å². The van der Waals surface area contributed by atoms with Gasteiger partial charge in [-0.05, 0) is 13.3 Å². The maximum atomic E-state index is 11.4. The van der Waals surface area contributed by atoms with Crippen LogP contribution in [-0.2, 0) is 19.1 Å². The molecule has 1 amide bonds. The van der Waals surface area contributed by atoms with Gasteiger partial charge in [0.25, 0.3) is 0 Å². The lowest BCUT2D eigenvalue weighted by atomic mass is 10.1. The van der Waals surface area contributed by atoms with Crippen molar-refractivity contribution in [2.45, 2.75) is 39.7 Å². The van der Waals surface area contributed by atoms with Gasteiger partial charge in [-0.1, -0.05) is 13.8 Å². The van der Waals surface area contributed by atoms with Gasteiger partial charge >= 0.3 is 5.97 Å². The molecule has 0 saturated heterocycles. The third-order valence-electron chi connectivity index (χ3n) is 2.11. The second-order valence-electron chi connectivity index (χ2n) is 3.98. The molecule has 1 N–H and O–H groups in total. The zero-order valence-corrected chi connectivity index (χ0v) is 10.2. The molecule has 5 heteroatoms. The number of amides is 1. The van der Waals surface area contributed by atoms with Crippen LogP contribution in [0.3, 0.4) is 0 Å². The predicted octanol–water partition coefficient (Wildman–Crippen LogP) is 0.669. The normalized spacial score (nSPS) is 12.1. The van der Waals surface area contributed by atoms with Crippen molar-refractivity contribution in [2.24, 2.45) is 5.92 Å². The van der Waals surface area contributed by atoms with Gasteiger partial charge in [-0.3, -0.25) is 4.79 Å². The first-order valence-corrected chi connectivity index (χ1v) is 5.26. The second kappa shape index (κ2) is 6.98. The smallest absolute Gasteiger partial charge is 0.328 e. The topological polar surface area (TPSA) is 72.5 Å². The minimum Gasteiger partial charge on any atom is -0.467 e. The van der Waals surface area contributed by atoms with Gasteiger partial charge in [0.2, 0.25) is 5.91 Å². The molecule has 0 aliphatic heterocycles. The SMILES string of the molecule is COC(=O)[C@H](CCC(C)=O)NC(=O)C(C)C. The maximum absolute atomic E-state index is 11.4. The molecule has 0 spiro atoms. The molecule has 0 rings (SSSR count). The Hall–Kier alpha value is -1.39. The number of carbonyl (C=O) groups is 3. The summed E-state index contributed by atoms with van der Waals surface area (Å²) in [6, 6.07) is -0.733. The highest BCUT2D eigenvalue weighted by molar-refractivity contribution is 5.86. The predicted molar refractivity (Wildman–Crippen MR) is 58.7 cm³/mol. The van der Waals surface area contributed by atoms with Crippen molar-refractivity contribution in [3.8, 4) is 0 Å². The Bertz CT molecular complexity index is 273. The van der Waals surface area contributed by atoms with Crippen LogP contribution in [-0.4, -0.2) is 30.8 Å². The van der Waals surface area contributed by atoms with Crippen LogP contribution < -0.4 is 5.32 Å². The molecule has 0 saturated carbocycles. The molecule has 0 aromatic heterocycles. The molecule has 0 aromatic rings. The number of esters is 1. The number of carbonyl (C=O) groups excluding carboxylic acids is 3. The lowest BCUT2D eigenvalue weighted by Gasteiger charge is -2.17. The summed E-state index contributed by atoms with van der Waals surface area (Å²) in [5, 5.41) is 2.56. The molecule has 0 aliphatic carbocycles. The van der Waals surface area contributed by atoms with Crippen LogP contribution in [0.15, 0.2) is 0 Å². The van der Waals surface area contributed by atoms with Gasteiger partial charge < -0.3 is 14.8 Å². The molecule has 0 aromatic carbocycles. The number of nitrogens with one attached hydrogen (secondary N) is 1. The standard InChI is InChI=1S/C11H19NO4/c1-7(2)10(14)12-9(11(15)16-4)6-5-8(3)13/h7,9H,5-6H2,1-4H3,(H,12,14)/t9-/m0/s1. The summed E-state index contributed by atoms with van der Waals surface area (Å²) in [6.07, 6.45) is 0.526. The fraction of sp³-hybridized carbons (Fsp3) is 0.727. The lowest BCUT2D eigenvalue weighted by Crippen LogP contribution is -2.43. The number of ether oxygens (including phenoxy) is 1. The average Bonchev–Trinajstić information content (AvgIpc) is 2.22. The van der Waals surface area contributed by atoms with E-state index in [1.807, 2.05) is 0 Å². The van der Waals surface area contributed by atoms with Gasteiger partial charge in [0.05, 0.1) is 7.11 Å². The zero-order valence-electron chi connectivity index (χ0n) is 10.2. The summed E-state index contributed by atoms with van der Waals surface area (Å²) < 4.78 is 4.56. The van der Waals surface area contributed by atoms with Crippen molar-refractivity contribution in [2.75, 3.05) is 7.11 Å². The van der Waals surface area contributed by atoms with Gasteiger partial charge in [0.1, 0.15) is 11.8 Å². The second-order valence-corrected chi connectivity index (χ2v) is 3.98. The Balaban J connectivity index is 4.37. The summed E-state index contributed by atoms with van der Waals surface area (Å²) in [4.78, 5) is 33.6. The van der Waals surface area contributed by atoms with Crippen LogP contribution >= 0.6 is 0 Å². The number of rotatable bonds is 6. The van der Waals surface area contributed by atoms with Crippen molar-refractivity contribution in [1.82, 2.24) is 5.32 Å². The Labute approximate surface area is 95.5 Å². The molecule has 5 nitrogen and oxygen atoms in total. The Kier molecular flexibility index (Phi) is 6.37. The van der Waals surface area contributed by atoms with Gasteiger partial charge in [-0.2, -0.15) is 0 Å². The third-order valence-corrected chi connectivity index (χ3v) is 2.11. The molecule has 92 valence electrons. The van der Waals surface area contributed by atoms with Crippen LogP contribution in [0.4, 0.5) is 0 Å². The fourth-order valence-electron chi connectivity index (χ4n) is 1.08. The summed E-state index contributed by atoms with van der Waals surface area (Å²) in [5.41, 5.74) is 0. The van der Waals surface area contributed by atoms with E-state index < -0.39 is 12.0 Å². The number of Topliss-reactive ketones (excluding diaryl/α,β-unsaturated/α-hetero) is 1. The summed E-state index contributed by atoms with van der Waals surface area (Å²) in [6.45, 7) is 4.90. The van der Waals surface area contributed by atoms with Crippen molar-refractivity contribution >= 4 is 17.7 Å². The molecule has 0 fully saturated rings. The minimum atomic E-state index is -0.733. The largest absolute Gasteiger partial charge is 0.467 e. The molecule has 16 heavy (non-hydrogen) atoms. The van der Waals surface area contributed by atoms with Crippen LogP contribution in [0.5, 0.6) is 0 Å². The summed E-state index contributed by atoms with van der Waals surface area (Å²) in [7, 11) is 1.25. The third kappa shape index (κ3) is 5.48. The number of ketones is 1. The average molecular weight is 229 g/mol. The van der Waals surface area contributed by atoms with E-state index >= 15 is 0 Å². The monoisotopic (exact) mass is 229 g/mol. The van der Waals surface area contributed by atoms with Gasteiger partial charge in [0, 0.05) is 12.3 Å². The molecular formula is C11H19NO4. The molecule has 0 aliphatic rings. The van der Waals surface area contributed by atoms with Crippen molar-refractivity contribution in [3.05, 3.63) is 0 Å². The van der Waals surface area contributed by atoms with Crippen molar-refractivity contribution in [3.63, 3.8) is 0 Å². The first-order chi connectivity index (χ1) is 7.38. The summed E-state index contributed by atoms with van der Waals surface area (Å²) >= 11 is 0. The van der Waals surface area contributed by atoms with E-state index in [0.717, 1.165) is 0 Å². The quantitative estimate of drug-likeness (QED) is 0.679. The van der Waals surface area contributed by atoms with Gasteiger partial charge in [-0.25, -0.2) is 4.79 Å². The molecular weight excluding hydrogens is 210 g/mol. The van der Waals surface area contributed by atoms with Crippen molar-refractivity contribution in [1.29, 1.82) is 0 Å². The van der Waals surface area contributed by atoms with Crippen LogP contribution in [0, 0.1) is 5.92 Å². The number of hydrogen-bond donors (Lipinski definition) is 1. The van der Waals surface area contributed by atoms with E-state index in [1.54, 1.807) is 13.8 Å². The highest BCUT2D eigenvalue weighted by atomic mass is 16.5. The zero-order chi connectivity index (χ0) is 12.7. The molecule has 0 heterocycles.